The van der Waals surface area contributed by atoms with Crippen LogP contribution in [-0.4, -0.2) is 23.1 Å². The highest BCUT2D eigenvalue weighted by molar-refractivity contribution is 9.10. The van der Waals surface area contributed by atoms with Crippen molar-refractivity contribution in [2.75, 3.05) is 5.32 Å². The first-order chi connectivity index (χ1) is 9.86. The van der Waals surface area contributed by atoms with Gasteiger partial charge in [-0.3, -0.25) is 4.79 Å². The molecule has 6 heteroatoms. The molecule has 21 heavy (non-hydrogen) atoms. The Morgan fingerprint density at radius 3 is 2.38 bits per heavy atom. The molecule has 1 fully saturated rings. The number of hydrogen-bond donors (Lipinski definition) is 3. The monoisotopic (exact) mass is 354 g/mol. The molecule has 0 saturated heterocycles. The third-order valence-corrected chi connectivity index (χ3v) is 4.31. The molecule has 0 radical (unpaired) electrons. The predicted molar refractivity (Wildman–Crippen MR) is 84.5 cm³/mol. The predicted octanol–water partition coefficient (Wildman–Crippen LogP) is 3.44. The highest BCUT2D eigenvalue weighted by atomic mass is 79.9. The van der Waals surface area contributed by atoms with Crippen molar-refractivity contribution >= 4 is 33.6 Å². The van der Waals surface area contributed by atoms with Gasteiger partial charge in [0.05, 0.1) is 5.92 Å². The van der Waals surface area contributed by atoms with E-state index in [0.717, 1.165) is 21.3 Å². The van der Waals surface area contributed by atoms with Crippen LogP contribution >= 0.6 is 15.9 Å². The van der Waals surface area contributed by atoms with Crippen molar-refractivity contribution in [3.8, 4) is 0 Å². The number of carboxylic acid groups (broad SMARTS) is 1. The van der Waals surface area contributed by atoms with E-state index in [-0.39, 0.29) is 18.0 Å². The van der Waals surface area contributed by atoms with E-state index in [1.54, 1.807) is 0 Å². The Hall–Kier alpha value is -1.56. The summed E-state index contributed by atoms with van der Waals surface area (Å²) in [6, 6.07) is 3.54. The number of carbonyl (C=O) groups excluding carboxylic acids is 1. The Morgan fingerprint density at radius 2 is 1.86 bits per heavy atom. The normalized spacial score (nSPS) is 21.1. The van der Waals surface area contributed by atoms with Crippen molar-refractivity contribution in [1.82, 2.24) is 5.32 Å². The third-order valence-electron chi connectivity index (χ3n) is 3.85. The molecular formula is C15H19BrN2O3. The average molecular weight is 355 g/mol. The number of halogens is 1. The fraction of sp³-hybridized carbons (Fsp3) is 0.467. The number of aliphatic carboxylic acids is 1. The first-order valence-corrected chi connectivity index (χ1v) is 7.73. The van der Waals surface area contributed by atoms with Crippen molar-refractivity contribution in [3.05, 3.63) is 27.7 Å². The van der Waals surface area contributed by atoms with Crippen molar-refractivity contribution < 1.29 is 14.7 Å². The molecule has 0 aliphatic heterocycles. The van der Waals surface area contributed by atoms with Gasteiger partial charge in [-0.1, -0.05) is 15.9 Å². The van der Waals surface area contributed by atoms with Crippen LogP contribution in [-0.2, 0) is 4.79 Å². The molecule has 2 rings (SSSR count). The van der Waals surface area contributed by atoms with Gasteiger partial charge in [0, 0.05) is 16.2 Å². The van der Waals surface area contributed by atoms with E-state index in [4.69, 9.17) is 5.11 Å². The van der Waals surface area contributed by atoms with Gasteiger partial charge in [0.1, 0.15) is 0 Å². The molecule has 2 amide bonds. The van der Waals surface area contributed by atoms with Gasteiger partial charge in [-0.15, -0.1) is 0 Å². The zero-order valence-corrected chi connectivity index (χ0v) is 13.7. The maximum Gasteiger partial charge on any atom is 0.319 e. The molecule has 3 N–H and O–H groups in total. The first kappa shape index (κ1) is 15.8. The summed E-state index contributed by atoms with van der Waals surface area (Å²) in [5.74, 6) is -1.12. The molecule has 114 valence electrons. The number of nitrogens with one attached hydrogen (secondary N) is 2. The summed E-state index contributed by atoms with van der Waals surface area (Å²) in [6.07, 6.45) is 1.83. The van der Waals surface area contributed by atoms with Crippen molar-refractivity contribution in [3.63, 3.8) is 0 Å². The second-order valence-electron chi connectivity index (χ2n) is 5.56. The number of carbonyl (C=O) groups is 2. The van der Waals surface area contributed by atoms with Gasteiger partial charge in [0.25, 0.3) is 0 Å². The van der Waals surface area contributed by atoms with Crippen LogP contribution in [0.25, 0.3) is 0 Å². The van der Waals surface area contributed by atoms with Crippen LogP contribution in [0.2, 0.25) is 0 Å². The Labute approximate surface area is 132 Å². The standard InChI is InChI=1S/C15H19BrN2O3/c1-8-5-11(16)6-9(2)13(8)18-15(21)17-12-4-3-10(7-12)14(19)20/h5-6,10,12H,3-4,7H2,1-2H3,(H,19,20)(H2,17,18,21)/t10-,12+/m1/s1. The van der Waals surface area contributed by atoms with E-state index >= 15 is 0 Å². The van der Waals surface area contributed by atoms with Gasteiger partial charge >= 0.3 is 12.0 Å². The van der Waals surface area contributed by atoms with Gasteiger partial charge in [0.15, 0.2) is 0 Å². The molecule has 0 heterocycles. The number of benzene rings is 1. The van der Waals surface area contributed by atoms with E-state index in [2.05, 4.69) is 26.6 Å². The molecule has 0 aromatic heterocycles. The second kappa shape index (κ2) is 6.47. The Bertz CT molecular complexity index is 551. The van der Waals surface area contributed by atoms with Crippen LogP contribution in [0.15, 0.2) is 16.6 Å². The lowest BCUT2D eigenvalue weighted by Gasteiger charge is -2.16. The minimum absolute atomic E-state index is 0.0674. The number of urea groups is 1. The SMILES string of the molecule is Cc1cc(Br)cc(C)c1NC(=O)N[C@H]1CC[C@@H](C(=O)O)C1. The van der Waals surface area contributed by atoms with Gasteiger partial charge in [-0.05, 0) is 56.4 Å². The molecule has 0 spiro atoms. The van der Waals surface area contributed by atoms with E-state index in [9.17, 15) is 9.59 Å². The zero-order chi connectivity index (χ0) is 15.6. The Balaban J connectivity index is 1.96. The molecule has 1 aliphatic rings. The van der Waals surface area contributed by atoms with E-state index in [1.807, 2.05) is 26.0 Å². The summed E-state index contributed by atoms with van der Waals surface area (Å²) in [4.78, 5) is 23.0. The smallest absolute Gasteiger partial charge is 0.319 e. The van der Waals surface area contributed by atoms with E-state index in [0.29, 0.717) is 19.3 Å². The molecule has 5 nitrogen and oxygen atoms in total. The summed E-state index contributed by atoms with van der Waals surface area (Å²) in [7, 11) is 0. The van der Waals surface area contributed by atoms with E-state index < -0.39 is 5.97 Å². The third kappa shape index (κ3) is 3.97. The lowest BCUT2D eigenvalue weighted by Crippen LogP contribution is -2.37. The number of rotatable bonds is 3. The molecule has 1 aliphatic carbocycles. The number of carboxylic acids is 1. The summed E-state index contributed by atoms with van der Waals surface area (Å²) < 4.78 is 0.976. The van der Waals surface area contributed by atoms with Crippen molar-refractivity contribution in [1.29, 1.82) is 0 Å². The molecule has 2 atom stereocenters. The second-order valence-corrected chi connectivity index (χ2v) is 6.47. The number of amides is 2. The molecule has 1 aromatic rings. The quantitative estimate of drug-likeness (QED) is 0.777. The lowest BCUT2D eigenvalue weighted by atomic mass is 10.1. The maximum atomic E-state index is 12.1. The van der Waals surface area contributed by atoms with Gasteiger partial charge in [-0.2, -0.15) is 0 Å². The van der Waals surface area contributed by atoms with Crippen LogP contribution < -0.4 is 10.6 Å². The van der Waals surface area contributed by atoms with Crippen LogP contribution in [0.3, 0.4) is 0 Å². The summed E-state index contributed by atoms with van der Waals surface area (Å²) in [5, 5.41) is 14.7. The lowest BCUT2D eigenvalue weighted by molar-refractivity contribution is -0.141. The number of anilines is 1. The molecular weight excluding hydrogens is 336 g/mol. The fourth-order valence-corrected chi connectivity index (χ4v) is 3.47. The summed E-state index contributed by atoms with van der Waals surface area (Å²) >= 11 is 3.42. The maximum absolute atomic E-state index is 12.1. The largest absolute Gasteiger partial charge is 0.481 e. The minimum atomic E-state index is -0.778. The number of hydrogen-bond acceptors (Lipinski definition) is 2. The molecule has 0 bridgehead atoms. The molecule has 1 aromatic carbocycles. The zero-order valence-electron chi connectivity index (χ0n) is 12.1. The minimum Gasteiger partial charge on any atom is -0.481 e. The van der Waals surface area contributed by atoms with Crippen molar-refractivity contribution in [2.45, 2.75) is 39.2 Å². The van der Waals surface area contributed by atoms with Crippen molar-refractivity contribution in [2.24, 2.45) is 5.92 Å². The molecule has 0 unspecified atom stereocenters. The van der Waals surface area contributed by atoms with Crippen LogP contribution in [0, 0.1) is 19.8 Å². The van der Waals surface area contributed by atoms with Gasteiger partial charge < -0.3 is 15.7 Å². The summed E-state index contributed by atoms with van der Waals surface area (Å²) in [6.45, 7) is 3.87. The van der Waals surface area contributed by atoms with Crippen LogP contribution in [0.4, 0.5) is 10.5 Å². The van der Waals surface area contributed by atoms with Gasteiger partial charge in [-0.25, -0.2) is 4.79 Å². The highest BCUT2D eigenvalue weighted by Gasteiger charge is 2.30. The van der Waals surface area contributed by atoms with E-state index in [1.165, 1.54) is 0 Å². The van der Waals surface area contributed by atoms with Crippen LogP contribution in [0.1, 0.15) is 30.4 Å². The Kier molecular flexibility index (Phi) is 4.88. The molecule has 1 saturated carbocycles. The Morgan fingerprint density at radius 1 is 1.24 bits per heavy atom. The topological polar surface area (TPSA) is 78.4 Å². The van der Waals surface area contributed by atoms with Crippen LogP contribution in [0.5, 0.6) is 0 Å². The highest BCUT2D eigenvalue weighted by Crippen LogP contribution is 2.27. The number of aryl methyl sites for hydroxylation is 2. The first-order valence-electron chi connectivity index (χ1n) is 6.94. The summed E-state index contributed by atoms with van der Waals surface area (Å²) in [5.41, 5.74) is 2.75. The average Bonchev–Trinajstić information content (AvgIpc) is 2.82. The fourth-order valence-electron chi connectivity index (χ4n) is 2.78. The van der Waals surface area contributed by atoms with Gasteiger partial charge in [0.2, 0.25) is 0 Å².